The lowest BCUT2D eigenvalue weighted by Crippen LogP contribution is -2.46. The lowest BCUT2D eigenvalue weighted by atomic mass is 9.98. The average molecular weight is 319 g/mol. The van der Waals surface area contributed by atoms with Crippen LogP contribution in [0.5, 0.6) is 5.75 Å². The molecule has 1 amide bonds. The summed E-state index contributed by atoms with van der Waals surface area (Å²) in [7, 11) is 0. The molecule has 1 aromatic rings. The third-order valence-corrected chi connectivity index (χ3v) is 4.48. The van der Waals surface area contributed by atoms with E-state index in [1.807, 2.05) is 32.0 Å². The third kappa shape index (κ3) is 4.98. The smallest absolute Gasteiger partial charge is 0.303 e. The van der Waals surface area contributed by atoms with Crippen LogP contribution < -0.4 is 4.74 Å². The second-order valence-electron chi connectivity index (χ2n) is 6.20. The minimum absolute atomic E-state index is 0.00602. The van der Waals surface area contributed by atoms with Crippen LogP contribution in [0, 0.1) is 13.8 Å². The highest BCUT2D eigenvalue weighted by Gasteiger charge is 2.27. The van der Waals surface area contributed by atoms with Gasteiger partial charge in [0.15, 0.2) is 6.61 Å². The first-order valence-electron chi connectivity index (χ1n) is 8.18. The van der Waals surface area contributed by atoms with Gasteiger partial charge in [-0.2, -0.15) is 0 Å². The number of ether oxygens (including phenoxy) is 1. The summed E-state index contributed by atoms with van der Waals surface area (Å²) in [5.41, 5.74) is 2.32. The number of hydrogen-bond acceptors (Lipinski definition) is 3. The molecule has 0 saturated carbocycles. The second-order valence-corrected chi connectivity index (χ2v) is 6.20. The highest BCUT2D eigenvalue weighted by molar-refractivity contribution is 5.78. The van der Waals surface area contributed by atoms with Gasteiger partial charge in [0.05, 0.1) is 0 Å². The van der Waals surface area contributed by atoms with Gasteiger partial charge in [-0.1, -0.05) is 6.07 Å². The highest BCUT2D eigenvalue weighted by atomic mass is 16.5. The maximum atomic E-state index is 12.4. The molecule has 1 unspecified atom stereocenters. The van der Waals surface area contributed by atoms with Crippen molar-refractivity contribution in [3.05, 3.63) is 29.3 Å². The predicted octanol–water partition coefficient (Wildman–Crippen LogP) is 2.93. The number of aryl methyl sites for hydroxylation is 2. The Hall–Kier alpha value is -2.04. The number of carbonyl (C=O) groups excluding carboxylic acids is 1. The minimum atomic E-state index is -0.811. The largest absolute Gasteiger partial charge is 0.484 e. The molecule has 1 aliphatic heterocycles. The molecule has 2 rings (SSSR count). The van der Waals surface area contributed by atoms with Crippen molar-refractivity contribution in [3.63, 3.8) is 0 Å². The second kappa shape index (κ2) is 7.99. The first kappa shape index (κ1) is 17.3. The number of nitrogens with zero attached hydrogens (tertiary/aromatic N) is 1. The van der Waals surface area contributed by atoms with Crippen LogP contribution >= 0.6 is 0 Å². The zero-order chi connectivity index (χ0) is 16.8. The number of hydrogen-bond donors (Lipinski definition) is 1. The van der Waals surface area contributed by atoms with Crippen molar-refractivity contribution in [2.24, 2.45) is 0 Å². The van der Waals surface area contributed by atoms with Gasteiger partial charge in [0.25, 0.3) is 5.91 Å². The topological polar surface area (TPSA) is 66.8 Å². The van der Waals surface area contributed by atoms with Gasteiger partial charge in [-0.25, -0.2) is 0 Å². The molecule has 1 aliphatic rings. The van der Waals surface area contributed by atoms with Crippen LogP contribution in [0.4, 0.5) is 0 Å². The molecule has 1 aromatic carbocycles. The normalized spacial score (nSPS) is 17.8. The van der Waals surface area contributed by atoms with Crippen LogP contribution in [0.15, 0.2) is 18.2 Å². The molecule has 0 bridgehead atoms. The van der Waals surface area contributed by atoms with E-state index in [9.17, 15) is 9.59 Å². The molecule has 5 heteroatoms. The third-order valence-electron chi connectivity index (χ3n) is 4.48. The fraction of sp³-hybridized carbons (Fsp3) is 0.556. The number of aliphatic carboxylic acids is 1. The molecule has 0 spiro atoms. The molecule has 0 aliphatic carbocycles. The predicted molar refractivity (Wildman–Crippen MR) is 87.6 cm³/mol. The summed E-state index contributed by atoms with van der Waals surface area (Å²) in [5.74, 6) is -0.173. The van der Waals surface area contributed by atoms with E-state index in [2.05, 4.69) is 0 Å². The molecule has 1 atom stereocenters. The summed E-state index contributed by atoms with van der Waals surface area (Å²) in [4.78, 5) is 25.0. The first-order valence-corrected chi connectivity index (χ1v) is 8.18. The Balaban J connectivity index is 1.91. The number of carbonyl (C=O) groups is 2. The van der Waals surface area contributed by atoms with Gasteiger partial charge in [0.2, 0.25) is 0 Å². The molecular weight excluding hydrogens is 294 g/mol. The van der Waals surface area contributed by atoms with Crippen LogP contribution in [0.1, 0.15) is 43.2 Å². The number of benzene rings is 1. The molecule has 1 N–H and O–H groups in total. The van der Waals surface area contributed by atoms with Crippen LogP contribution in [-0.4, -0.2) is 41.1 Å². The number of likely N-dealkylation sites (tertiary alicyclic amines) is 1. The van der Waals surface area contributed by atoms with Crippen LogP contribution in [-0.2, 0) is 9.59 Å². The minimum Gasteiger partial charge on any atom is -0.484 e. The molecule has 0 radical (unpaired) electrons. The van der Waals surface area contributed by atoms with E-state index >= 15 is 0 Å². The fourth-order valence-electron chi connectivity index (χ4n) is 2.95. The van der Waals surface area contributed by atoms with Crippen molar-refractivity contribution in [3.8, 4) is 5.75 Å². The number of carboxylic acid groups (broad SMARTS) is 1. The molecular formula is C18H25NO4. The van der Waals surface area contributed by atoms with Gasteiger partial charge in [-0.15, -0.1) is 0 Å². The lowest BCUT2D eigenvalue weighted by Gasteiger charge is -2.35. The van der Waals surface area contributed by atoms with Gasteiger partial charge in [-0.05, 0) is 62.8 Å². The van der Waals surface area contributed by atoms with E-state index in [4.69, 9.17) is 9.84 Å². The summed E-state index contributed by atoms with van der Waals surface area (Å²) in [6, 6.07) is 5.80. The van der Waals surface area contributed by atoms with Gasteiger partial charge < -0.3 is 14.7 Å². The van der Waals surface area contributed by atoms with Crippen molar-refractivity contribution in [2.75, 3.05) is 13.2 Å². The first-order chi connectivity index (χ1) is 11.0. The SMILES string of the molecule is Cc1ccc(OCC(=O)N2CCCCC2CCC(=O)O)cc1C. The molecule has 5 nitrogen and oxygen atoms in total. The summed E-state index contributed by atoms with van der Waals surface area (Å²) in [5, 5.41) is 8.84. The Bertz CT molecular complexity index is 570. The zero-order valence-electron chi connectivity index (χ0n) is 13.9. The molecule has 1 saturated heterocycles. The molecule has 0 aromatic heterocycles. The van der Waals surface area contributed by atoms with Crippen LogP contribution in [0.3, 0.4) is 0 Å². The summed E-state index contributed by atoms with van der Waals surface area (Å²) in [6.45, 7) is 4.74. The summed E-state index contributed by atoms with van der Waals surface area (Å²) in [6.07, 6.45) is 3.52. The molecule has 1 heterocycles. The maximum absolute atomic E-state index is 12.4. The number of piperidine rings is 1. The van der Waals surface area contributed by atoms with E-state index in [0.29, 0.717) is 18.7 Å². The fourth-order valence-corrected chi connectivity index (χ4v) is 2.95. The van der Waals surface area contributed by atoms with E-state index < -0.39 is 5.97 Å². The van der Waals surface area contributed by atoms with Gasteiger partial charge in [0, 0.05) is 19.0 Å². The Morgan fingerprint density at radius 1 is 1.26 bits per heavy atom. The van der Waals surface area contributed by atoms with Crippen molar-refractivity contribution in [1.82, 2.24) is 4.90 Å². The quantitative estimate of drug-likeness (QED) is 0.875. The highest BCUT2D eigenvalue weighted by Crippen LogP contribution is 2.22. The average Bonchev–Trinajstić information content (AvgIpc) is 2.54. The Labute approximate surface area is 137 Å². The Kier molecular flexibility index (Phi) is 6.02. The Morgan fingerprint density at radius 2 is 2.04 bits per heavy atom. The lowest BCUT2D eigenvalue weighted by molar-refractivity contribution is -0.141. The van der Waals surface area contributed by atoms with Crippen molar-refractivity contribution < 1.29 is 19.4 Å². The summed E-state index contributed by atoms with van der Waals surface area (Å²) < 4.78 is 5.62. The number of carboxylic acids is 1. The number of amides is 1. The monoisotopic (exact) mass is 319 g/mol. The van der Waals surface area contributed by atoms with Crippen LogP contribution in [0.2, 0.25) is 0 Å². The van der Waals surface area contributed by atoms with E-state index in [1.54, 1.807) is 4.90 Å². The van der Waals surface area contributed by atoms with E-state index in [0.717, 1.165) is 24.8 Å². The van der Waals surface area contributed by atoms with Crippen LogP contribution in [0.25, 0.3) is 0 Å². The van der Waals surface area contributed by atoms with Gasteiger partial charge in [-0.3, -0.25) is 9.59 Å². The van der Waals surface area contributed by atoms with Crippen molar-refractivity contribution in [2.45, 2.75) is 52.0 Å². The van der Waals surface area contributed by atoms with Gasteiger partial charge >= 0.3 is 5.97 Å². The zero-order valence-corrected chi connectivity index (χ0v) is 13.9. The van der Waals surface area contributed by atoms with E-state index in [-0.39, 0.29) is 25.0 Å². The van der Waals surface area contributed by atoms with Crippen molar-refractivity contribution in [1.29, 1.82) is 0 Å². The summed E-state index contributed by atoms with van der Waals surface area (Å²) >= 11 is 0. The molecule has 126 valence electrons. The molecule has 1 fully saturated rings. The number of rotatable bonds is 6. The van der Waals surface area contributed by atoms with Gasteiger partial charge in [0.1, 0.15) is 5.75 Å². The standard InChI is InChI=1S/C18H25NO4/c1-13-6-8-16(11-14(13)2)23-12-17(20)19-10-4-3-5-15(19)7-9-18(21)22/h6,8,11,15H,3-5,7,9-10,12H2,1-2H3,(H,21,22). The Morgan fingerprint density at radius 3 is 2.74 bits per heavy atom. The van der Waals surface area contributed by atoms with Crippen molar-refractivity contribution >= 4 is 11.9 Å². The molecule has 23 heavy (non-hydrogen) atoms. The maximum Gasteiger partial charge on any atom is 0.303 e. The van der Waals surface area contributed by atoms with E-state index in [1.165, 1.54) is 5.56 Å².